The second-order valence-corrected chi connectivity index (χ2v) is 10.1. The lowest BCUT2D eigenvalue weighted by atomic mass is 10.3. The average molecular weight is 415 g/mol. The zero-order chi connectivity index (χ0) is 16.0. The van der Waals surface area contributed by atoms with Gasteiger partial charge in [-0.25, -0.2) is 13.1 Å². The number of halogens is 1. The monoisotopic (exact) mass is 414 g/mol. The molecule has 0 aromatic carbocycles. The minimum absolute atomic E-state index is 0.0333. The van der Waals surface area contributed by atoms with Gasteiger partial charge < -0.3 is 5.32 Å². The van der Waals surface area contributed by atoms with E-state index in [2.05, 4.69) is 39.8 Å². The average Bonchev–Trinajstić information content (AvgIpc) is 2.77. The summed E-state index contributed by atoms with van der Waals surface area (Å²) in [5, 5.41) is 3.30. The molecule has 1 aromatic rings. The molecule has 1 rings (SSSR count). The van der Waals surface area contributed by atoms with Crippen LogP contribution in [0.25, 0.3) is 0 Å². The van der Waals surface area contributed by atoms with E-state index in [4.69, 9.17) is 0 Å². The van der Waals surface area contributed by atoms with Crippen LogP contribution in [0.3, 0.4) is 0 Å². The Bertz CT molecular complexity index is 544. The highest BCUT2D eigenvalue weighted by molar-refractivity contribution is 9.11. The van der Waals surface area contributed by atoms with Gasteiger partial charge in [0, 0.05) is 29.3 Å². The van der Waals surface area contributed by atoms with Gasteiger partial charge in [-0.2, -0.15) is 11.8 Å². The lowest BCUT2D eigenvalue weighted by Gasteiger charge is -2.15. The van der Waals surface area contributed by atoms with Gasteiger partial charge in [-0.15, -0.1) is 11.3 Å². The van der Waals surface area contributed by atoms with E-state index >= 15 is 0 Å². The van der Waals surface area contributed by atoms with Crippen LogP contribution in [-0.4, -0.2) is 32.5 Å². The maximum atomic E-state index is 12.5. The third kappa shape index (κ3) is 6.19. The molecule has 1 atom stereocenters. The molecule has 0 saturated heterocycles. The topological polar surface area (TPSA) is 58.2 Å². The van der Waals surface area contributed by atoms with Crippen molar-refractivity contribution in [1.29, 1.82) is 0 Å². The normalized spacial score (nSPS) is 13.8. The molecule has 1 heterocycles. The molecule has 4 nitrogen and oxygen atoms in total. The van der Waals surface area contributed by atoms with Crippen LogP contribution in [0, 0.1) is 0 Å². The van der Waals surface area contributed by atoms with Gasteiger partial charge >= 0.3 is 0 Å². The molecule has 0 fully saturated rings. The van der Waals surface area contributed by atoms with E-state index in [1.54, 1.807) is 17.8 Å². The van der Waals surface area contributed by atoms with Gasteiger partial charge in [0.05, 0.1) is 3.79 Å². The largest absolute Gasteiger partial charge is 0.310 e. The van der Waals surface area contributed by atoms with Gasteiger partial charge in [0.25, 0.3) is 0 Å². The molecule has 0 saturated carbocycles. The fourth-order valence-electron chi connectivity index (χ4n) is 1.69. The third-order valence-corrected chi connectivity index (χ3v) is 7.37. The number of nitrogens with one attached hydrogen (secondary N) is 2. The minimum Gasteiger partial charge on any atom is -0.310 e. The first kappa shape index (κ1) is 19.4. The first-order chi connectivity index (χ1) is 9.80. The molecule has 122 valence electrons. The van der Waals surface area contributed by atoms with Crippen LogP contribution in [0.1, 0.15) is 32.1 Å². The number of rotatable bonds is 9. The predicted molar refractivity (Wildman–Crippen MR) is 96.8 cm³/mol. The Morgan fingerprint density at radius 1 is 1.43 bits per heavy atom. The molecule has 0 amide bonds. The van der Waals surface area contributed by atoms with Crippen LogP contribution in [0.4, 0.5) is 0 Å². The second-order valence-electron chi connectivity index (χ2n) is 5.07. The SMILES string of the molecule is CCC(CSC)NS(=O)(=O)c1cc(CNC(C)C)sc1Br. The Morgan fingerprint density at radius 3 is 2.62 bits per heavy atom. The summed E-state index contributed by atoms with van der Waals surface area (Å²) in [7, 11) is -3.47. The predicted octanol–water partition coefficient (Wildman–Crippen LogP) is 3.43. The molecule has 0 aliphatic carbocycles. The van der Waals surface area contributed by atoms with Crippen molar-refractivity contribution in [2.45, 2.75) is 50.7 Å². The van der Waals surface area contributed by atoms with E-state index in [1.165, 1.54) is 11.3 Å². The molecular formula is C13H23BrN2O2S3. The van der Waals surface area contributed by atoms with Gasteiger partial charge in [0.2, 0.25) is 10.0 Å². The number of sulfonamides is 1. The van der Waals surface area contributed by atoms with Crippen LogP contribution >= 0.6 is 39.0 Å². The van der Waals surface area contributed by atoms with Crippen molar-refractivity contribution in [2.24, 2.45) is 0 Å². The minimum atomic E-state index is -3.47. The van der Waals surface area contributed by atoms with Crippen LogP contribution in [0.15, 0.2) is 14.7 Å². The summed E-state index contributed by atoms with van der Waals surface area (Å²) in [6.45, 7) is 6.80. The molecule has 21 heavy (non-hydrogen) atoms. The molecular weight excluding hydrogens is 392 g/mol. The lowest BCUT2D eigenvalue weighted by Crippen LogP contribution is -2.36. The molecule has 0 bridgehead atoms. The van der Waals surface area contributed by atoms with Crippen molar-refractivity contribution in [1.82, 2.24) is 10.0 Å². The Balaban J connectivity index is 2.87. The van der Waals surface area contributed by atoms with E-state index in [-0.39, 0.29) is 6.04 Å². The Hall–Kier alpha value is 0.400. The van der Waals surface area contributed by atoms with Crippen molar-refractivity contribution >= 4 is 49.1 Å². The smallest absolute Gasteiger partial charge is 0.242 e. The zero-order valence-corrected chi connectivity index (χ0v) is 16.8. The maximum Gasteiger partial charge on any atom is 0.242 e. The Kier molecular flexibility index (Phi) is 8.23. The summed E-state index contributed by atoms with van der Waals surface area (Å²) in [5.41, 5.74) is 0. The summed E-state index contributed by atoms with van der Waals surface area (Å²) in [4.78, 5) is 1.35. The fourth-order valence-corrected chi connectivity index (χ4v) is 6.47. The number of thioether (sulfide) groups is 1. The van der Waals surface area contributed by atoms with Crippen molar-refractivity contribution in [2.75, 3.05) is 12.0 Å². The van der Waals surface area contributed by atoms with Crippen LogP contribution < -0.4 is 10.0 Å². The summed E-state index contributed by atoms with van der Waals surface area (Å²) >= 11 is 6.48. The quantitative estimate of drug-likeness (QED) is 0.649. The van der Waals surface area contributed by atoms with Crippen LogP contribution in [-0.2, 0) is 16.6 Å². The number of hydrogen-bond acceptors (Lipinski definition) is 5. The highest BCUT2D eigenvalue weighted by Gasteiger charge is 2.23. The van der Waals surface area contributed by atoms with Crippen LogP contribution in [0.2, 0.25) is 0 Å². The van der Waals surface area contributed by atoms with E-state index in [9.17, 15) is 8.42 Å². The van der Waals surface area contributed by atoms with Gasteiger partial charge in [0.1, 0.15) is 4.90 Å². The standard InChI is InChI=1S/C13H23BrN2O2S3/c1-5-10(8-19-4)16-21(17,18)12-6-11(20-13(12)14)7-15-9(2)3/h6,9-10,15-16H,5,7-8H2,1-4H3. The molecule has 8 heteroatoms. The number of thiophene rings is 1. The van der Waals surface area contributed by atoms with E-state index in [0.717, 1.165) is 17.1 Å². The molecule has 0 spiro atoms. The summed E-state index contributed by atoms with van der Waals surface area (Å²) < 4.78 is 28.4. The van der Waals surface area contributed by atoms with Crippen LogP contribution in [0.5, 0.6) is 0 Å². The van der Waals surface area contributed by atoms with Crippen molar-refractivity contribution in [3.63, 3.8) is 0 Å². The highest BCUT2D eigenvalue weighted by Crippen LogP contribution is 2.32. The molecule has 1 unspecified atom stereocenters. The van der Waals surface area contributed by atoms with Gasteiger partial charge in [-0.1, -0.05) is 20.8 Å². The summed E-state index contributed by atoms with van der Waals surface area (Å²) in [6.07, 6.45) is 2.76. The van der Waals surface area contributed by atoms with E-state index in [0.29, 0.717) is 21.3 Å². The molecule has 1 aromatic heterocycles. The zero-order valence-electron chi connectivity index (χ0n) is 12.8. The maximum absolute atomic E-state index is 12.5. The van der Waals surface area contributed by atoms with Gasteiger partial charge in [-0.05, 0) is 34.7 Å². The van der Waals surface area contributed by atoms with E-state index < -0.39 is 10.0 Å². The Labute approximate surface area is 144 Å². The highest BCUT2D eigenvalue weighted by atomic mass is 79.9. The van der Waals surface area contributed by atoms with Crippen molar-refractivity contribution < 1.29 is 8.42 Å². The molecule has 0 radical (unpaired) electrons. The van der Waals surface area contributed by atoms with E-state index in [1.807, 2.05) is 13.2 Å². The third-order valence-electron chi connectivity index (χ3n) is 2.86. The first-order valence-corrected chi connectivity index (χ1v) is 11.3. The molecule has 0 aliphatic rings. The molecule has 2 N–H and O–H groups in total. The van der Waals surface area contributed by atoms with Crippen molar-refractivity contribution in [3.05, 3.63) is 14.7 Å². The first-order valence-electron chi connectivity index (χ1n) is 6.83. The summed E-state index contributed by atoms with van der Waals surface area (Å²) in [6, 6.07) is 2.09. The Morgan fingerprint density at radius 2 is 2.10 bits per heavy atom. The number of hydrogen-bond donors (Lipinski definition) is 2. The van der Waals surface area contributed by atoms with Gasteiger partial charge in [-0.3, -0.25) is 0 Å². The summed E-state index contributed by atoms with van der Waals surface area (Å²) in [5.74, 6) is 0.777. The fraction of sp³-hybridized carbons (Fsp3) is 0.692. The van der Waals surface area contributed by atoms with Gasteiger partial charge in [0.15, 0.2) is 0 Å². The molecule has 0 aliphatic heterocycles. The van der Waals surface area contributed by atoms with Crippen molar-refractivity contribution in [3.8, 4) is 0 Å². The second kappa shape index (κ2) is 8.88. The lowest BCUT2D eigenvalue weighted by molar-refractivity contribution is 0.558.